The molecule has 0 aromatic heterocycles. The zero-order valence-electron chi connectivity index (χ0n) is 12.3. The number of methoxy groups -OCH3 is 1. The molecule has 0 heterocycles. The minimum Gasteiger partial charge on any atom is -0.497 e. The van der Waals surface area contributed by atoms with Crippen LogP contribution < -0.4 is 15.8 Å². The zero-order chi connectivity index (χ0) is 16.0. The van der Waals surface area contributed by atoms with Crippen LogP contribution in [-0.4, -0.2) is 40.6 Å². The number of benzene rings is 1. The lowest BCUT2D eigenvalue weighted by Gasteiger charge is -2.27. The second kappa shape index (κ2) is 7.33. The average Bonchev–Trinajstić information content (AvgIpc) is 2.44. The molecule has 0 aliphatic heterocycles. The highest BCUT2D eigenvalue weighted by Gasteiger charge is 2.33. The minimum absolute atomic E-state index is 0.116. The number of aliphatic carboxylic acids is 1. The summed E-state index contributed by atoms with van der Waals surface area (Å²) in [5.41, 5.74) is 6.23. The van der Waals surface area contributed by atoms with Gasteiger partial charge in [0.2, 0.25) is 5.91 Å². The van der Waals surface area contributed by atoms with Crippen molar-refractivity contribution in [2.45, 2.75) is 24.6 Å². The highest BCUT2D eigenvalue weighted by molar-refractivity contribution is 8.01. The molecule has 21 heavy (non-hydrogen) atoms. The summed E-state index contributed by atoms with van der Waals surface area (Å²) in [5, 5.41) is 11.7. The van der Waals surface area contributed by atoms with Gasteiger partial charge in [0.1, 0.15) is 11.8 Å². The molecule has 0 saturated carbocycles. The topological polar surface area (TPSA) is 102 Å². The van der Waals surface area contributed by atoms with Gasteiger partial charge in [-0.2, -0.15) is 0 Å². The van der Waals surface area contributed by atoms with Gasteiger partial charge in [-0.05, 0) is 26.0 Å². The maximum Gasteiger partial charge on any atom is 0.321 e. The molecule has 1 aromatic rings. The SMILES string of the molecule is COc1cccc(NC(=O)CSC(C)(C)[C@@H](N)C(=O)O)c1. The van der Waals surface area contributed by atoms with Gasteiger partial charge >= 0.3 is 5.97 Å². The van der Waals surface area contributed by atoms with Crippen LogP contribution in [0.2, 0.25) is 0 Å². The van der Waals surface area contributed by atoms with Gasteiger partial charge in [0.05, 0.1) is 12.9 Å². The number of hydrogen-bond acceptors (Lipinski definition) is 5. The van der Waals surface area contributed by atoms with E-state index in [9.17, 15) is 9.59 Å². The standard InChI is InChI=1S/C14H20N2O4S/c1-14(2,12(15)13(18)19)21-8-11(17)16-9-5-4-6-10(7-9)20-3/h4-7,12H,8,15H2,1-3H3,(H,16,17)(H,18,19)/t12-/m0/s1. The molecular weight excluding hydrogens is 292 g/mol. The van der Waals surface area contributed by atoms with Crippen molar-refractivity contribution in [3.63, 3.8) is 0 Å². The average molecular weight is 312 g/mol. The number of carboxylic acid groups (broad SMARTS) is 1. The first kappa shape index (κ1) is 17.3. The number of hydrogen-bond donors (Lipinski definition) is 3. The summed E-state index contributed by atoms with van der Waals surface area (Å²) in [6.07, 6.45) is 0. The Morgan fingerprint density at radius 1 is 1.48 bits per heavy atom. The molecule has 1 amide bonds. The smallest absolute Gasteiger partial charge is 0.321 e. The van der Waals surface area contributed by atoms with Gasteiger partial charge in [-0.15, -0.1) is 11.8 Å². The second-order valence-corrected chi connectivity index (χ2v) is 6.62. The Morgan fingerprint density at radius 3 is 2.71 bits per heavy atom. The van der Waals surface area contributed by atoms with Crippen LogP contribution in [0.4, 0.5) is 5.69 Å². The molecule has 1 rings (SSSR count). The molecule has 0 aliphatic rings. The number of nitrogens with one attached hydrogen (secondary N) is 1. The first-order valence-corrected chi connectivity index (χ1v) is 7.31. The first-order chi connectivity index (χ1) is 9.76. The van der Waals surface area contributed by atoms with Crippen LogP contribution in [0, 0.1) is 0 Å². The molecule has 0 radical (unpaired) electrons. The molecule has 0 spiro atoms. The third kappa shape index (κ3) is 5.28. The van der Waals surface area contributed by atoms with Crippen LogP contribution in [0.5, 0.6) is 5.75 Å². The summed E-state index contributed by atoms with van der Waals surface area (Å²) in [7, 11) is 1.55. The Bertz CT molecular complexity index is 519. The van der Waals surface area contributed by atoms with Crippen molar-refractivity contribution in [2.75, 3.05) is 18.2 Å². The number of anilines is 1. The van der Waals surface area contributed by atoms with Crippen molar-refractivity contribution in [3.05, 3.63) is 24.3 Å². The summed E-state index contributed by atoms with van der Waals surface area (Å²) < 4.78 is 4.33. The van der Waals surface area contributed by atoms with Crippen LogP contribution >= 0.6 is 11.8 Å². The number of rotatable bonds is 7. The van der Waals surface area contributed by atoms with Crippen LogP contribution in [-0.2, 0) is 9.59 Å². The molecule has 6 nitrogen and oxygen atoms in total. The third-order valence-corrected chi connectivity index (χ3v) is 4.35. The predicted molar refractivity (Wildman–Crippen MR) is 83.8 cm³/mol. The molecule has 116 valence electrons. The highest BCUT2D eigenvalue weighted by Crippen LogP contribution is 2.27. The van der Waals surface area contributed by atoms with E-state index in [1.54, 1.807) is 45.2 Å². The van der Waals surface area contributed by atoms with E-state index < -0.39 is 16.8 Å². The molecule has 4 N–H and O–H groups in total. The number of carbonyl (C=O) groups is 2. The van der Waals surface area contributed by atoms with Gasteiger partial charge in [0.25, 0.3) is 0 Å². The zero-order valence-corrected chi connectivity index (χ0v) is 13.1. The van der Waals surface area contributed by atoms with Gasteiger partial charge < -0.3 is 20.9 Å². The summed E-state index contributed by atoms with van der Waals surface area (Å²) in [6, 6.07) is 5.97. The van der Waals surface area contributed by atoms with E-state index in [-0.39, 0.29) is 11.7 Å². The Morgan fingerprint density at radius 2 is 2.14 bits per heavy atom. The number of carboxylic acids is 1. The van der Waals surface area contributed by atoms with E-state index in [1.165, 1.54) is 11.8 Å². The summed E-state index contributed by atoms with van der Waals surface area (Å²) in [6.45, 7) is 3.41. The Labute approximate surface area is 128 Å². The molecule has 0 saturated heterocycles. The first-order valence-electron chi connectivity index (χ1n) is 6.32. The molecule has 0 unspecified atom stereocenters. The summed E-state index contributed by atoms with van der Waals surface area (Å²) >= 11 is 1.20. The summed E-state index contributed by atoms with van der Waals surface area (Å²) in [4.78, 5) is 22.8. The monoisotopic (exact) mass is 312 g/mol. The Kier molecular flexibility index (Phi) is 6.04. The molecule has 1 aromatic carbocycles. The third-order valence-electron chi connectivity index (χ3n) is 2.94. The van der Waals surface area contributed by atoms with E-state index in [0.29, 0.717) is 11.4 Å². The maximum absolute atomic E-state index is 11.9. The maximum atomic E-state index is 11.9. The van der Waals surface area contributed by atoms with E-state index in [4.69, 9.17) is 15.6 Å². The van der Waals surface area contributed by atoms with E-state index in [0.717, 1.165) is 0 Å². The van der Waals surface area contributed by atoms with Crippen molar-refractivity contribution in [1.29, 1.82) is 0 Å². The van der Waals surface area contributed by atoms with Gasteiger partial charge in [-0.25, -0.2) is 0 Å². The van der Waals surface area contributed by atoms with Crippen molar-refractivity contribution in [1.82, 2.24) is 0 Å². The van der Waals surface area contributed by atoms with Gasteiger partial charge in [0.15, 0.2) is 0 Å². The van der Waals surface area contributed by atoms with E-state index in [1.807, 2.05) is 0 Å². The lowest BCUT2D eigenvalue weighted by Crippen LogP contribution is -2.47. The van der Waals surface area contributed by atoms with Crippen molar-refractivity contribution < 1.29 is 19.4 Å². The second-order valence-electron chi connectivity index (χ2n) is 4.99. The van der Waals surface area contributed by atoms with Gasteiger partial charge in [-0.1, -0.05) is 6.07 Å². The van der Waals surface area contributed by atoms with Crippen LogP contribution in [0.3, 0.4) is 0 Å². The molecule has 7 heteroatoms. The number of carbonyl (C=O) groups excluding carboxylic acids is 1. The summed E-state index contributed by atoms with van der Waals surface area (Å²) in [5.74, 6) is -0.543. The van der Waals surface area contributed by atoms with Crippen LogP contribution in [0.15, 0.2) is 24.3 Å². The largest absolute Gasteiger partial charge is 0.497 e. The van der Waals surface area contributed by atoms with Crippen molar-refractivity contribution in [2.24, 2.45) is 5.73 Å². The molecule has 0 aliphatic carbocycles. The number of amides is 1. The lowest BCUT2D eigenvalue weighted by atomic mass is 10.1. The molecule has 1 atom stereocenters. The lowest BCUT2D eigenvalue weighted by molar-refractivity contribution is -0.139. The van der Waals surface area contributed by atoms with Crippen LogP contribution in [0.25, 0.3) is 0 Å². The van der Waals surface area contributed by atoms with Gasteiger partial charge in [-0.3, -0.25) is 9.59 Å². The Hall–Kier alpha value is -1.73. The highest BCUT2D eigenvalue weighted by atomic mass is 32.2. The fraction of sp³-hybridized carbons (Fsp3) is 0.429. The number of nitrogens with two attached hydrogens (primary N) is 1. The van der Waals surface area contributed by atoms with Crippen molar-refractivity contribution in [3.8, 4) is 5.75 Å². The fourth-order valence-electron chi connectivity index (χ4n) is 1.54. The quantitative estimate of drug-likeness (QED) is 0.706. The molecule has 0 bridgehead atoms. The molecular formula is C14H20N2O4S. The predicted octanol–water partition coefficient (Wildman–Crippen LogP) is 1.56. The molecule has 0 fully saturated rings. The van der Waals surface area contributed by atoms with Crippen molar-refractivity contribution >= 4 is 29.3 Å². The van der Waals surface area contributed by atoms with E-state index in [2.05, 4.69) is 5.32 Å². The Balaban J connectivity index is 2.56. The minimum atomic E-state index is -1.08. The van der Waals surface area contributed by atoms with E-state index >= 15 is 0 Å². The van der Waals surface area contributed by atoms with Gasteiger partial charge in [0, 0.05) is 16.5 Å². The fourth-order valence-corrected chi connectivity index (χ4v) is 2.39. The number of thioether (sulfide) groups is 1. The normalized spacial score (nSPS) is 12.6. The van der Waals surface area contributed by atoms with Crippen LogP contribution in [0.1, 0.15) is 13.8 Å². The number of ether oxygens (including phenoxy) is 1.